The van der Waals surface area contributed by atoms with Crippen molar-refractivity contribution < 1.29 is 4.52 Å². The van der Waals surface area contributed by atoms with Crippen molar-refractivity contribution >= 4 is 27.7 Å². The molecule has 0 saturated carbocycles. The molecule has 2 aromatic rings. The second-order valence-electron chi connectivity index (χ2n) is 4.89. The number of aromatic nitrogens is 2. The predicted octanol–water partition coefficient (Wildman–Crippen LogP) is 2.84. The molecule has 1 saturated heterocycles. The van der Waals surface area contributed by atoms with Crippen LogP contribution in [0.25, 0.3) is 0 Å². The van der Waals surface area contributed by atoms with E-state index in [4.69, 9.17) is 4.52 Å². The summed E-state index contributed by atoms with van der Waals surface area (Å²) < 4.78 is 6.53. The molecule has 2 unspecified atom stereocenters. The second kappa shape index (κ2) is 6.28. The van der Waals surface area contributed by atoms with Gasteiger partial charge in [0, 0.05) is 28.4 Å². The number of halogens is 1. The van der Waals surface area contributed by atoms with Gasteiger partial charge in [-0.3, -0.25) is 0 Å². The molecule has 1 aromatic heterocycles. The maximum atomic E-state index is 5.45. The molecule has 0 aliphatic carbocycles. The smallest absolute Gasteiger partial charge is 0.232 e. The van der Waals surface area contributed by atoms with E-state index < -0.39 is 0 Å². The summed E-state index contributed by atoms with van der Waals surface area (Å²) in [6.07, 6.45) is 0.709. The van der Waals surface area contributed by atoms with Crippen molar-refractivity contribution in [3.63, 3.8) is 0 Å². The molecular formula is C14H16BrN3OS. The summed E-state index contributed by atoms with van der Waals surface area (Å²) in [6, 6.07) is 8.63. The molecule has 20 heavy (non-hydrogen) atoms. The number of thioether (sulfide) groups is 1. The van der Waals surface area contributed by atoms with Gasteiger partial charge >= 0.3 is 0 Å². The van der Waals surface area contributed by atoms with Gasteiger partial charge in [0.25, 0.3) is 0 Å². The molecule has 4 nitrogen and oxygen atoms in total. The zero-order chi connectivity index (χ0) is 13.9. The zero-order valence-electron chi connectivity index (χ0n) is 11.2. The monoisotopic (exact) mass is 353 g/mol. The van der Waals surface area contributed by atoms with Crippen LogP contribution in [0.4, 0.5) is 0 Å². The maximum Gasteiger partial charge on any atom is 0.232 e. The van der Waals surface area contributed by atoms with E-state index in [1.807, 2.05) is 30.9 Å². The molecule has 106 valence electrons. The zero-order valence-corrected chi connectivity index (χ0v) is 13.6. The molecule has 2 atom stereocenters. The van der Waals surface area contributed by atoms with Crippen molar-refractivity contribution in [2.24, 2.45) is 0 Å². The van der Waals surface area contributed by atoms with E-state index in [0.717, 1.165) is 27.7 Å². The van der Waals surface area contributed by atoms with Crippen molar-refractivity contribution in [2.45, 2.75) is 18.4 Å². The van der Waals surface area contributed by atoms with Crippen LogP contribution in [0.2, 0.25) is 0 Å². The number of hydrogen-bond donors (Lipinski definition) is 1. The normalized spacial score (nSPS) is 22.3. The molecule has 3 rings (SSSR count). The van der Waals surface area contributed by atoms with Crippen LogP contribution in [0.1, 0.15) is 23.2 Å². The van der Waals surface area contributed by atoms with Crippen LogP contribution in [0.15, 0.2) is 33.3 Å². The molecular weight excluding hydrogens is 338 g/mol. The highest BCUT2D eigenvalue weighted by molar-refractivity contribution is 9.10. The van der Waals surface area contributed by atoms with Gasteiger partial charge in [-0.2, -0.15) is 16.7 Å². The average molecular weight is 354 g/mol. The molecule has 6 heteroatoms. The lowest BCUT2D eigenvalue weighted by Crippen LogP contribution is -2.31. The summed E-state index contributed by atoms with van der Waals surface area (Å²) in [4.78, 5) is 4.57. The Bertz CT molecular complexity index is 572. The Hall–Kier alpha value is -0.850. The van der Waals surface area contributed by atoms with Crippen molar-refractivity contribution in [3.8, 4) is 0 Å². The first-order valence-electron chi connectivity index (χ1n) is 6.58. The molecule has 0 bridgehead atoms. The molecule has 1 fully saturated rings. The minimum absolute atomic E-state index is 0.330. The van der Waals surface area contributed by atoms with Gasteiger partial charge in [0.2, 0.25) is 5.89 Å². The van der Waals surface area contributed by atoms with E-state index in [2.05, 4.69) is 43.5 Å². The lowest BCUT2D eigenvalue weighted by molar-refractivity contribution is 0.341. The van der Waals surface area contributed by atoms with Crippen LogP contribution in [0.3, 0.4) is 0 Å². The highest BCUT2D eigenvalue weighted by Gasteiger charge is 2.32. The van der Waals surface area contributed by atoms with E-state index >= 15 is 0 Å². The number of nitrogens with one attached hydrogen (secondary N) is 1. The Labute approximate surface area is 130 Å². The van der Waals surface area contributed by atoms with Gasteiger partial charge in [0.05, 0.1) is 5.92 Å². The number of rotatable bonds is 4. The fourth-order valence-corrected chi connectivity index (χ4v) is 4.04. The molecule has 1 aliphatic heterocycles. The second-order valence-corrected chi connectivity index (χ2v) is 6.88. The third-order valence-corrected chi connectivity index (χ3v) is 5.25. The summed E-state index contributed by atoms with van der Waals surface area (Å²) in [7, 11) is 1.99. The molecule has 0 amide bonds. The van der Waals surface area contributed by atoms with E-state index in [1.165, 1.54) is 5.56 Å². The molecule has 0 spiro atoms. The van der Waals surface area contributed by atoms with Gasteiger partial charge in [0.15, 0.2) is 5.82 Å². The van der Waals surface area contributed by atoms with Gasteiger partial charge in [0.1, 0.15) is 0 Å². The van der Waals surface area contributed by atoms with Gasteiger partial charge in [-0.05, 0) is 24.7 Å². The van der Waals surface area contributed by atoms with Crippen molar-refractivity contribution in [2.75, 3.05) is 18.6 Å². The van der Waals surface area contributed by atoms with Crippen LogP contribution in [0, 0.1) is 0 Å². The molecule has 1 aromatic carbocycles. The van der Waals surface area contributed by atoms with E-state index in [9.17, 15) is 0 Å². The standard InChI is InChI=1S/C14H16BrN3OS/c1-16-12-8-20-7-11(12)14-17-13(18-19-14)6-9-2-4-10(15)5-3-9/h2-5,11-12,16H,6-8H2,1H3. The number of hydrogen-bond acceptors (Lipinski definition) is 5. The number of likely N-dealkylation sites (N-methyl/N-ethyl adjacent to an activating group) is 1. The maximum absolute atomic E-state index is 5.45. The average Bonchev–Trinajstić information content (AvgIpc) is 3.09. The van der Waals surface area contributed by atoms with Gasteiger partial charge in [-0.15, -0.1) is 0 Å². The number of nitrogens with zero attached hydrogens (tertiary/aromatic N) is 2. The topological polar surface area (TPSA) is 51.0 Å². The van der Waals surface area contributed by atoms with E-state index in [0.29, 0.717) is 18.4 Å². The Kier molecular flexibility index (Phi) is 4.43. The SMILES string of the molecule is CNC1CSCC1c1nc(Cc2ccc(Br)cc2)no1. The summed E-state index contributed by atoms with van der Waals surface area (Å²) in [5.74, 6) is 4.00. The quantitative estimate of drug-likeness (QED) is 0.915. The van der Waals surface area contributed by atoms with Crippen LogP contribution in [-0.2, 0) is 6.42 Å². The third kappa shape index (κ3) is 3.07. The summed E-state index contributed by atoms with van der Waals surface area (Å²) in [5, 5.41) is 7.44. The van der Waals surface area contributed by atoms with E-state index in [1.54, 1.807) is 0 Å². The summed E-state index contributed by atoms with van der Waals surface area (Å²) >= 11 is 5.36. The highest BCUT2D eigenvalue weighted by atomic mass is 79.9. The van der Waals surface area contributed by atoms with Gasteiger partial charge in [-0.25, -0.2) is 0 Å². The van der Waals surface area contributed by atoms with E-state index in [-0.39, 0.29) is 0 Å². The highest BCUT2D eigenvalue weighted by Crippen LogP contribution is 2.31. The Morgan fingerprint density at radius 2 is 2.15 bits per heavy atom. The summed E-state index contributed by atoms with van der Waals surface area (Å²) in [5.41, 5.74) is 1.19. The Balaban J connectivity index is 1.72. The molecule has 2 heterocycles. The lowest BCUT2D eigenvalue weighted by Gasteiger charge is -2.13. The first-order valence-corrected chi connectivity index (χ1v) is 8.53. The molecule has 1 aliphatic rings. The minimum Gasteiger partial charge on any atom is -0.339 e. The Morgan fingerprint density at radius 3 is 2.90 bits per heavy atom. The number of benzene rings is 1. The first kappa shape index (κ1) is 14.1. The molecule has 0 radical (unpaired) electrons. The minimum atomic E-state index is 0.330. The van der Waals surface area contributed by atoms with Crippen LogP contribution in [-0.4, -0.2) is 34.7 Å². The first-order chi connectivity index (χ1) is 9.76. The molecule has 1 N–H and O–H groups in total. The van der Waals surface area contributed by atoms with Crippen molar-refractivity contribution in [1.82, 2.24) is 15.5 Å². The van der Waals surface area contributed by atoms with Gasteiger partial charge in [-0.1, -0.05) is 33.2 Å². The van der Waals surface area contributed by atoms with Crippen molar-refractivity contribution in [3.05, 3.63) is 46.0 Å². The fraction of sp³-hybridized carbons (Fsp3) is 0.429. The Morgan fingerprint density at radius 1 is 1.35 bits per heavy atom. The lowest BCUT2D eigenvalue weighted by atomic mass is 10.0. The van der Waals surface area contributed by atoms with Crippen LogP contribution in [0.5, 0.6) is 0 Å². The fourth-order valence-electron chi connectivity index (χ4n) is 2.36. The van der Waals surface area contributed by atoms with Crippen LogP contribution >= 0.6 is 27.7 Å². The summed E-state index contributed by atoms with van der Waals surface area (Å²) in [6.45, 7) is 0. The largest absolute Gasteiger partial charge is 0.339 e. The third-order valence-electron chi connectivity index (χ3n) is 3.53. The van der Waals surface area contributed by atoms with Crippen LogP contribution < -0.4 is 5.32 Å². The predicted molar refractivity (Wildman–Crippen MR) is 84.2 cm³/mol. The van der Waals surface area contributed by atoms with Gasteiger partial charge < -0.3 is 9.84 Å². The van der Waals surface area contributed by atoms with Crippen molar-refractivity contribution in [1.29, 1.82) is 0 Å².